The Morgan fingerprint density at radius 2 is 2.11 bits per heavy atom. The third-order valence-electron chi connectivity index (χ3n) is 3.59. The summed E-state index contributed by atoms with van der Waals surface area (Å²) in [5, 5.41) is 13.1. The van der Waals surface area contributed by atoms with Gasteiger partial charge in [0, 0.05) is 5.69 Å². The van der Waals surface area contributed by atoms with E-state index in [-0.39, 0.29) is 5.56 Å². The molecule has 0 radical (unpaired) electrons. The van der Waals surface area contributed by atoms with E-state index in [9.17, 15) is 4.79 Å². The highest BCUT2D eigenvalue weighted by Gasteiger charge is 2.26. The van der Waals surface area contributed by atoms with E-state index in [4.69, 9.17) is 5.11 Å². The molecule has 0 bridgehead atoms. The van der Waals surface area contributed by atoms with Crippen molar-refractivity contribution < 1.29 is 9.90 Å². The zero-order valence-electron chi connectivity index (χ0n) is 10.9. The molecule has 1 aliphatic rings. The van der Waals surface area contributed by atoms with E-state index in [1.807, 2.05) is 13.0 Å². The fourth-order valence-corrected chi connectivity index (χ4v) is 2.35. The lowest BCUT2D eigenvalue weighted by Gasteiger charge is -2.08. The molecule has 0 aliphatic heterocycles. The third kappa shape index (κ3) is 2.01. The molecule has 98 valence electrons. The maximum Gasteiger partial charge on any atom is 0.339 e. The van der Waals surface area contributed by atoms with Crippen molar-refractivity contribution >= 4 is 5.97 Å². The third-order valence-corrected chi connectivity index (χ3v) is 3.59. The number of aromatic nitrogens is 3. The van der Waals surface area contributed by atoms with Crippen LogP contribution in [0.5, 0.6) is 0 Å². The van der Waals surface area contributed by atoms with Crippen molar-refractivity contribution in [2.45, 2.75) is 32.6 Å². The monoisotopic (exact) mass is 257 g/mol. The van der Waals surface area contributed by atoms with Gasteiger partial charge in [0.15, 0.2) is 5.82 Å². The molecule has 1 aliphatic carbocycles. The average molecular weight is 257 g/mol. The van der Waals surface area contributed by atoms with Gasteiger partial charge < -0.3 is 5.11 Å². The molecule has 0 spiro atoms. The highest BCUT2D eigenvalue weighted by molar-refractivity contribution is 5.88. The Labute approximate surface area is 110 Å². The Morgan fingerprint density at radius 3 is 2.63 bits per heavy atom. The van der Waals surface area contributed by atoms with Gasteiger partial charge >= 0.3 is 5.97 Å². The molecule has 1 fully saturated rings. The van der Waals surface area contributed by atoms with Crippen molar-refractivity contribution in [2.24, 2.45) is 0 Å². The van der Waals surface area contributed by atoms with E-state index in [0.717, 1.165) is 5.69 Å². The van der Waals surface area contributed by atoms with Gasteiger partial charge in [-0.25, -0.2) is 14.5 Å². The summed E-state index contributed by atoms with van der Waals surface area (Å²) in [5.41, 5.74) is 3.11. The largest absolute Gasteiger partial charge is 0.478 e. The molecule has 2 aromatic rings. The minimum atomic E-state index is -0.963. The standard InChI is InChI=1S/C14H15N3O2/c1-8-11(10-3-4-10)5-6-13(16-8)17-9(2)12(7-15-17)14(18)19/h5-7,10H,3-4H2,1-2H3,(H,18,19). The van der Waals surface area contributed by atoms with Crippen LogP contribution < -0.4 is 0 Å². The van der Waals surface area contributed by atoms with Gasteiger partial charge in [0.25, 0.3) is 0 Å². The molecule has 0 saturated heterocycles. The molecular formula is C14H15N3O2. The highest BCUT2D eigenvalue weighted by Crippen LogP contribution is 2.41. The number of nitrogens with zero attached hydrogens (tertiary/aromatic N) is 3. The highest BCUT2D eigenvalue weighted by atomic mass is 16.4. The number of aryl methyl sites for hydroxylation is 1. The van der Waals surface area contributed by atoms with Crippen LogP contribution >= 0.6 is 0 Å². The fraction of sp³-hybridized carbons (Fsp3) is 0.357. The molecule has 0 atom stereocenters. The normalized spacial score (nSPS) is 14.6. The van der Waals surface area contributed by atoms with Crippen LogP contribution in [0.25, 0.3) is 5.82 Å². The summed E-state index contributed by atoms with van der Waals surface area (Å²) in [5.74, 6) is 0.372. The lowest BCUT2D eigenvalue weighted by Crippen LogP contribution is -2.06. The Kier molecular flexibility index (Phi) is 2.62. The lowest BCUT2D eigenvalue weighted by molar-refractivity contribution is 0.0696. The summed E-state index contributed by atoms with van der Waals surface area (Å²) in [6, 6.07) is 3.99. The van der Waals surface area contributed by atoms with Crippen molar-refractivity contribution in [3.05, 3.63) is 40.8 Å². The van der Waals surface area contributed by atoms with Crippen molar-refractivity contribution in [1.29, 1.82) is 0 Å². The Hall–Kier alpha value is -2.17. The second-order valence-corrected chi connectivity index (χ2v) is 4.98. The Balaban J connectivity index is 2.02. The van der Waals surface area contributed by atoms with Crippen LogP contribution in [-0.4, -0.2) is 25.8 Å². The molecule has 2 aromatic heterocycles. The predicted octanol–water partition coefficient (Wildman–Crippen LogP) is 2.46. The van der Waals surface area contributed by atoms with E-state index in [1.54, 1.807) is 11.6 Å². The van der Waals surface area contributed by atoms with Gasteiger partial charge in [0.05, 0.1) is 11.9 Å². The Bertz CT molecular complexity index is 657. The number of carboxylic acids is 1. The van der Waals surface area contributed by atoms with Gasteiger partial charge in [0.1, 0.15) is 5.56 Å². The number of carbonyl (C=O) groups is 1. The van der Waals surface area contributed by atoms with E-state index in [0.29, 0.717) is 17.4 Å². The first-order chi connectivity index (χ1) is 9.08. The molecule has 3 rings (SSSR count). The van der Waals surface area contributed by atoms with Gasteiger partial charge in [-0.1, -0.05) is 6.07 Å². The molecule has 5 heteroatoms. The van der Waals surface area contributed by atoms with Gasteiger partial charge in [-0.15, -0.1) is 0 Å². The van der Waals surface area contributed by atoms with Crippen LogP contribution in [0.3, 0.4) is 0 Å². The minimum absolute atomic E-state index is 0.214. The topological polar surface area (TPSA) is 68.0 Å². The van der Waals surface area contributed by atoms with Gasteiger partial charge in [-0.05, 0) is 44.2 Å². The average Bonchev–Trinajstić information content (AvgIpc) is 3.11. The lowest BCUT2D eigenvalue weighted by atomic mass is 10.1. The van der Waals surface area contributed by atoms with Gasteiger partial charge in [-0.2, -0.15) is 5.10 Å². The number of hydrogen-bond donors (Lipinski definition) is 1. The maximum absolute atomic E-state index is 11.0. The summed E-state index contributed by atoms with van der Waals surface area (Å²) in [6.07, 6.45) is 3.85. The van der Waals surface area contributed by atoms with Crippen LogP contribution in [0.4, 0.5) is 0 Å². The Morgan fingerprint density at radius 1 is 1.37 bits per heavy atom. The molecule has 1 saturated carbocycles. The summed E-state index contributed by atoms with van der Waals surface area (Å²) >= 11 is 0. The van der Waals surface area contributed by atoms with Crippen LogP contribution in [0, 0.1) is 13.8 Å². The predicted molar refractivity (Wildman–Crippen MR) is 69.8 cm³/mol. The van der Waals surface area contributed by atoms with Crippen LogP contribution in [0.15, 0.2) is 18.3 Å². The van der Waals surface area contributed by atoms with Gasteiger partial charge in [0.2, 0.25) is 0 Å². The molecule has 0 amide bonds. The van der Waals surface area contributed by atoms with Crippen molar-refractivity contribution in [3.63, 3.8) is 0 Å². The molecular weight excluding hydrogens is 242 g/mol. The molecule has 2 heterocycles. The number of rotatable bonds is 3. The first-order valence-electron chi connectivity index (χ1n) is 6.33. The summed E-state index contributed by atoms with van der Waals surface area (Å²) in [4.78, 5) is 15.6. The fourth-order valence-electron chi connectivity index (χ4n) is 2.35. The minimum Gasteiger partial charge on any atom is -0.478 e. The maximum atomic E-state index is 11.0. The van der Waals surface area contributed by atoms with Gasteiger partial charge in [-0.3, -0.25) is 0 Å². The number of aromatic carboxylic acids is 1. The first-order valence-corrected chi connectivity index (χ1v) is 6.33. The number of hydrogen-bond acceptors (Lipinski definition) is 3. The smallest absolute Gasteiger partial charge is 0.339 e. The van der Waals surface area contributed by atoms with E-state index >= 15 is 0 Å². The van der Waals surface area contributed by atoms with Crippen LogP contribution in [-0.2, 0) is 0 Å². The quantitative estimate of drug-likeness (QED) is 0.917. The van der Waals surface area contributed by atoms with Crippen LogP contribution in [0.2, 0.25) is 0 Å². The number of pyridine rings is 1. The summed E-state index contributed by atoms with van der Waals surface area (Å²) < 4.78 is 1.58. The SMILES string of the molecule is Cc1nc(-n2ncc(C(=O)O)c2C)ccc1C1CC1. The molecule has 0 aromatic carbocycles. The van der Waals surface area contributed by atoms with Crippen LogP contribution in [0.1, 0.15) is 46.1 Å². The number of carboxylic acid groups (broad SMARTS) is 1. The van der Waals surface area contributed by atoms with Crippen molar-refractivity contribution in [2.75, 3.05) is 0 Å². The summed E-state index contributed by atoms with van der Waals surface area (Å²) in [6.45, 7) is 3.73. The molecule has 5 nitrogen and oxygen atoms in total. The molecule has 0 unspecified atom stereocenters. The summed E-state index contributed by atoms with van der Waals surface area (Å²) in [7, 11) is 0. The second kappa shape index (κ2) is 4.19. The second-order valence-electron chi connectivity index (χ2n) is 4.98. The van der Waals surface area contributed by atoms with E-state index in [2.05, 4.69) is 16.1 Å². The molecule has 1 N–H and O–H groups in total. The molecule has 19 heavy (non-hydrogen) atoms. The van der Waals surface area contributed by atoms with E-state index in [1.165, 1.54) is 24.6 Å². The first kappa shape index (κ1) is 11.9. The van der Waals surface area contributed by atoms with Crippen molar-refractivity contribution in [1.82, 2.24) is 14.8 Å². The van der Waals surface area contributed by atoms with Crippen molar-refractivity contribution in [3.8, 4) is 5.82 Å². The van der Waals surface area contributed by atoms with E-state index < -0.39 is 5.97 Å². The zero-order chi connectivity index (χ0) is 13.6. The zero-order valence-corrected chi connectivity index (χ0v) is 10.9.